The first-order chi connectivity index (χ1) is 15.6. The monoisotopic (exact) mass is 466 g/mol. The molecule has 190 valence electrons. The molecule has 6 nitrogen and oxygen atoms in total. The van der Waals surface area contributed by atoms with E-state index in [2.05, 4.69) is 48.5 Å². The van der Waals surface area contributed by atoms with E-state index in [1.165, 1.54) is 0 Å². The zero-order chi connectivity index (χ0) is 23.5. The minimum absolute atomic E-state index is 0.0461. The van der Waals surface area contributed by atoms with Crippen LogP contribution in [0.2, 0.25) is 0 Å². The molecule has 0 amide bonds. The zero-order valence-corrected chi connectivity index (χ0v) is 21.8. The van der Waals surface area contributed by atoms with Crippen molar-refractivity contribution in [2.75, 3.05) is 6.61 Å². The summed E-state index contributed by atoms with van der Waals surface area (Å²) in [5, 5.41) is 0. The molecule has 11 atom stereocenters. The molecule has 1 spiro atoms. The lowest BCUT2D eigenvalue weighted by molar-refractivity contribution is -0.415. The van der Waals surface area contributed by atoms with Crippen molar-refractivity contribution in [3.8, 4) is 0 Å². The third kappa shape index (κ3) is 4.42. The Labute approximate surface area is 200 Å². The zero-order valence-electron chi connectivity index (χ0n) is 21.8. The molecule has 5 heterocycles. The summed E-state index contributed by atoms with van der Waals surface area (Å²) in [5.74, 6) is 1.23. The molecule has 5 saturated heterocycles. The van der Waals surface area contributed by atoms with Crippen molar-refractivity contribution < 1.29 is 28.4 Å². The van der Waals surface area contributed by atoms with Crippen LogP contribution < -0.4 is 0 Å². The molecule has 0 saturated carbocycles. The van der Waals surface area contributed by atoms with Crippen LogP contribution in [0.3, 0.4) is 0 Å². The molecule has 5 rings (SSSR count). The molecule has 0 radical (unpaired) electrons. The highest BCUT2D eigenvalue weighted by atomic mass is 16.8. The fourth-order valence-electron chi connectivity index (χ4n) is 7.07. The van der Waals surface area contributed by atoms with Gasteiger partial charge >= 0.3 is 0 Å². The summed E-state index contributed by atoms with van der Waals surface area (Å²) in [6.07, 6.45) is 5.86. The number of hydrogen-bond acceptors (Lipinski definition) is 6. The van der Waals surface area contributed by atoms with Crippen LogP contribution >= 0.6 is 0 Å². The minimum Gasteiger partial charge on any atom is -0.372 e. The fourth-order valence-corrected chi connectivity index (χ4v) is 7.07. The topological polar surface area (TPSA) is 55.4 Å². The average molecular weight is 467 g/mol. The van der Waals surface area contributed by atoms with E-state index in [-0.39, 0.29) is 48.5 Å². The summed E-state index contributed by atoms with van der Waals surface area (Å²) in [4.78, 5) is 0. The molecule has 5 aliphatic heterocycles. The van der Waals surface area contributed by atoms with Crippen molar-refractivity contribution in [2.24, 2.45) is 23.7 Å². The van der Waals surface area contributed by atoms with E-state index >= 15 is 0 Å². The van der Waals surface area contributed by atoms with Crippen molar-refractivity contribution in [1.82, 2.24) is 0 Å². The molecule has 0 bridgehead atoms. The quantitative estimate of drug-likeness (QED) is 0.564. The summed E-state index contributed by atoms with van der Waals surface area (Å²) in [6.45, 7) is 16.3. The molecule has 0 aromatic heterocycles. The van der Waals surface area contributed by atoms with Gasteiger partial charge in [0.25, 0.3) is 0 Å². The Bertz CT molecular complexity index is 698. The van der Waals surface area contributed by atoms with Crippen LogP contribution in [0.15, 0.2) is 0 Å². The molecule has 0 unspecified atom stereocenters. The average Bonchev–Trinajstić information content (AvgIpc) is 3.32. The van der Waals surface area contributed by atoms with Crippen molar-refractivity contribution in [3.63, 3.8) is 0 Å². The van der Waals surface area contributed by atoms with Gasteiger partial charge in [-0.05, 0) is 30.1 Å². The first-order valence-electron chi connectivity index (χ1n) is 13.6. The minimum atomic E-state index is -0.707. The van der Waals surface area contributed by atoms with Gasteiger partial charge < -0.3 is 28.4 Å². The molecular formula is C27H46O6. The molecule has 0 aromatic carbocycles. The Balaban J connectivity index is 1.27. The molecular weight excluding hydrogens is 420 g/mol. The largest absolute Gasteiger partial charge is 0.372 e. The summed E-state index contributed by atoms with van der Waals surface area (Å²) < 4.78 is 39.4. The third-order valence-electron chi connectivity index (χ3n) is 9.07. The van der Waals surface area contributed by atoms with Crippen LogP contribution in [0, 0.1) is 23.7 Å². The molecule has 0 aliphatic carbocycles. The summed E-state index contributed by atoms with van der Waals surface area (Å²) in [6, 6.07) is 0. The van der Waals surface area contributed by atoms with Crippen LogP contribution in [0.25, 0.3) is 0 Å². The lowest BCUT2D eigenvalue weighted by Gasteiger charge is -2.52. The first kappa shape index (κ1) is 24.5. The second kappa shape index (κ2) is 9.01. The normalized spacial score (nSPS) is 50.5. The first-order valence-corrected chi connectivity index (χ1v) is 13.6. The van der Waals surface area contributed by atoms with E-state index in [1.54, 1.807) is 0 Å². The molecule has 0 aromatic rings. The smallest absolute Gasteiger partial charge is 0.193 e. The van der Waals surface area contributed by atoms with Crippen molar-refractivity contribution in [2.45, 2.75) is 141 Å². The van der Waals surface area contributed by atoms with E-state index in [9.17, 15) is 0 Å². The summed E-state index contributed by atoms with van der Waals surface area (Å²) in [7, 11) is 0. The highest BCUT2D eigenvalue weighted by Gasteiger charge is 2.60. The molecule has 6 heteroatoms. The van der Waals surface area contributed by atoms with E-state index in [1.807, 2.05) is 0 Å². The predicted molar refractivity (Wildman–Crippen MR) is 125 cm³/mol. The van der Waals surface area contributed by atoms with Gasteiger partial charge in [-0.2, -0.15) is 0 Å². The van der Waals surface area contributed by atoms with E-state index in [4.69, 9.17) is 28.4 Å². The van der Waals surface area contributed by atoms with Gasteiger partial charge in [0.15, 0.2) is 12.1 Å². The van der Waals surface area contributed by atoms with Crippen molar-refractivity contribution in [1.29, 1.82) is 0 Å². The van der Waals surface area contributed by atoms with Gasteiger partial charge in [0.05, 0.1) is 36.1 Å². The number of fused-ring (bicyclic) bond motifs is 3. The van der Waals surface area contributed by atoms with Crippen LogP contribution in [0.5, 0.6) is 0 Å². The maximum atomic E-state index is 6.81. The van der Waals surface area contributed by atoms with E-state index in [0.29, 0.717) is 30.3 Å². The number of hydrogen-bond donors (Lipinski definition) is 0. The molecule has 33 heavy (non-hydrogen) atoms. The molecule has 0 N–H and O–H groups in total. The maximum Gasteiger partial charge on any atom is 0.193 e. The lowest BCUT2D eigenvalue weighted by atomic mass is 9.79. The van der Waals surface area contributed by atoms with Gasteiger partial charge in [0.2, 0.25) is 0 Å². The van der Waals surface area contributed by atoms with Crippen molar-refractivity contribution in [3.05, 3.63) is 0 Å². The summed E-state index contributed by atoms with van der Waals surface area (Å²) in [5.41, 5.74) is -0.120. The standard InChI is InChI=1S/C27H46O6/c1-8-17(6)19-9-21-20(29-19)10-22-25(30-21)28-14-27(31-22)12-18(7)24-23(32-27)13-26(33-24,16(4)5)11-15(2)3/h15-25H,8-14H2,1-7H3/t17-,18-,19-,20+,21+,22-,23-,24-,25+,26-,27-/m0/s1. The Hall–Kier alpha value is -0.240. The van der Waals surface area contributed by atoms with Gasteiger partial charge in [-0.25, -0.2) is 0 Å². The van der Waals surface area contributed by atoms with Crippen LogP contribution in [-0.2, 0) is 28.4 Å². The Morgan fingerprint density at radius 3 is 2.27 bits per heavy atom. The lowest BCUT2D eigenvalue weighted by Crippen LogP contribution is -2.62. The van der Waals surface area contributed by atoms with Crippen LogP contribution in [-0.4, -0.2) is 60.9 Å². The van der Waals surface area contributed by atoms with E-state index in [0.717, 1.165) is 38.5 Å². The van der Waals surface area contributed by atoms with Gasteiger partial charge in [-0.3, -0.25) is 0 Å². The van der Waals surface area contributed by atoms with Gasteiger partial charge in [-0.15, -0.1) is 0 Å². The SMILES string of the molecule is CC[C@H](C)[C@@H]1C[C@H]2O[C@H]3OC[C@@]4(C[C@H](C)[C@@H]5O[C@](CC(C)C)(C(C)C)C[C@@H]5O4)O[C@H]3C[C@H]2O1. The third-order valence-corrected chi connectivity index (χ3v) is 9.07. The Morgan fingerprint density at radius 1 is 0.848 bits per heavy atom. The van der Waals surface area contributed by atoms with Crippen LogP contribution in [0.1, 0.15) is 87.0 Å². The van der Waals surface area contributed by atoms with Gasteiger partial charge in [0.1, 0.15) is 12.7 Å². The highest BCUT2D eigenvalue weighted by molar-refractivity contribution is 5.04. The highest BCUT2D eigenvalue weighted by Crippen LogP contribution is 2.51. The van der Waals surface area contributed by atoms with E-state index < -0.39 is 5.79 Å². The van der Waals surface area contributed by atoms with Crippen LogP contribution in [0.4, 0.5) is 0 Å². The predicted octanol–water partition coefficient (Wildman–Crippen LogP) is 5.07. The fraction of sp³-hybridized carbons (Fsp3) is 1.00. The second-order valence-corrected chi connectivity index (χ2v) is 12.4. The molecule has 5 aliphatic rings. The number of rotatable bonds is 5. The number of ether oxygens (including phenoxy) is 6. The second-order valence-electron chi connectivity index (χ2n) is 12.4. The van der Waals surface area contributed by atoms with Crippen molar-refractivity contribution >= 4 is 0 Å². The Kier molecular flexibility index (Phi) is 6.67. The Morgan fingerprint density at radius 2 is 1.58 bits per heavy atom. The molecule has 5 fully saturated rings. The maximum absolute atomic E-state index is 6.81. The van der Waals surface area contributed by atoms with Gasteiger partial charge in [-0.1, -0.05) is 54.9 Å². The van der Waals surface area contributed by atoms with Gasteiger partial charge in [0, 0.05) is 25.7 Å². The summed E-state index contributed by atoms with van der Waals surface area (Å²) >= 11 is 0.